The third-order valence-electron chi connectivity index (χ3n) is 4.03. The van der Waals surface area contributed by atoms with E-state index in [1.807, 2.05) is 0 Å². The van der Waals surface area contributed by atoms with Crippen molar-refractivity contribution in [1.82, 2.24) is 15.1 Å². The Bertz CT molecular complexity index is 1050. The Morgan fingerprint density at radius 3 is 2.76 bits per heavy atom. The summed E-state index contributed by atoms with van der Waals surface area (Å²) in [7, 11) is 1.71. The van der Waals surface area contributed by atoms with Crippen molar-refractivity contribution in [2.45, 2.75) is 19.6 Å². The van der Waals surface area contributed by atoms with Crippen molar-refractivity contribution in [3.8, 4) is 11.3 Å². The molecule has 0 saturated heterocycles. The Morgan fingerprint density at radius 1 is 1.34 bits per heavy atom. The van der Waals surface area contributed by atoms with Crippen LogP contribution in [0.1, 0.15) is 22.2 Å². The monoisotopic (exact) mass is 455 g/mol. The molecule has 0 fully saturated rings. The fraction of sp³-hybridized carbons (Fsp3) is 0.211. The van der Waals surface area contributed by atoms with Crippen LogP contribution in [0.5, 0.6) is 0 Å². The van der Waals surface area contributed by atoms with Crippen LogP contribution in [0.15, 0.2) is 36.5 Å². The molecule has 3 aromatic rings. The van der Waals surface area contributed by atoms with Crippen LogP contribution in [0.2, 0.25) is 9.36 Å². The quantitative estimate of drug-likeness (QED) is 0.556. The number of rotatable bonds is 6. The van der Waals surface area contributed by atoms with Gasteiger partial charge in [-0.2, -0.15) is 5.10 Å². The summed E-state index contributed by atoms with van der Waals surface area (Å²) in [6.07, 6.45) is 1.49. The molecule has 10 heteroatoms. The molecule has 29 heavy (non-hydrogen) atoms. The highest BCUT2D eigenvalue weighted by Crippen LogP contribution is 2.38. The number of benzene rings is 1. The number of nitrogens with one attached hydrogen (secondary N) is 1. The molecule has 1 N–H and O–H groups in total. The van der Waals surface area contributed by atoms with Crippen LogP contribution in [0.25, 0.3) is 11.3 Å². The molecule has 2 heterocycles. The molecule has 0 aliphatic carbocycles. The van der Waals surface area contributed by atoms with Crippen LogP contribution >= 0.6 is 34.5 Å². The van der Waals surface area contributed by atoms with Gasteiger partial charge in [0.25, 0.3) is 5.91 Å². The molecule has 0 bridgehead atoms. The highest BCUT2D eigenvalue weighted by molar-refractivity contribution is 7.18. The molecular formula is C19H16Cl2FN3O3S. The lowest BCUT2D eigenvalue weighted by atomic mass is 10.2. The number of ether oxygens (including phenoxy) is 1. The molecule has 1 aromatic carbocycles. The second kappa shape index (κ2) is 8.94. The fourth-order valence-electron chi connectivity index (χ4n) is 2.59. The highest BCUT2D eigenvalue weighted by atomic mass is 35.5. The Labute approximate surface area is 180 Å². The molecule has 2 aromatic heterocycles. The number of aromatic nitrogens is 2. The maximum absolute atomic E-state index is 13.2. The van der Waals surface area contributed by atoms with Gasteiger partial charge in [-0.3, -0.25) is 9.48 Å². The van der Waals surface area contributed by atoms with Gasteiger partial charge < -0.3 is 10.1 Å². The summed E-state index contributed by atoms with van der Waals surface area (Å²) in [5.74, 6) is -1.53. The predicted molar refractivity (Wildman–Crippen MR) is 110 cm³/mol. The third-order valence-corrected chi connectivity index (χ3v) is 5.66. The van der Waals surface area contributed by atoms with Gasteiger partial charge in [0, 0.05) is 12.6 Å². The van der Waals surface area contributed by atoms with Gasteiger partial charge >= 0.3 is 5.97 Å². The summed E-state index contributed by atoms with van der Waals surface area (Å²) in [6.45, 7) is 1.41. The van der Waals surface area contributed by atoms with E-state index in [1.165, 1.54) is 31.3 Å². The summed E-state index contributed by atoms with van der Waals surface area (Å²) < 4.78 is 20.2. The second-order valence-corrected chi connectivity index (χ2v) is 8.26. The van der Waals surface area contributed by atoms with E-state index in [0.717, 1.165) is 11.3 Å². The van der Waals surface area contributed by atoms with E-state index in [9.17, 15) is 14.0 Å². The van der Waals surface area contributed by atoms with Crippen LogP contribution in [0.4, 0.5) is 4.39 Å². The van der Waals surface area contributed by atoms with Gasteiger partial charge in [-0.05, 0) is 30.7 Å². The first-order chi connectivity index (χ1) is 13.8. The molecule has 1 atom stereocenters. The number of nitrogens with zero attached hydrogens (tertiary/aromatic N) is 2. The first-order valence-corrected chi connectivity index (χ1v) is 10.0. The zero-order valence-corrected chi connectivity index (χ0v) is 17.7. The normalized spacial score (nSPS) is 11.9. The average molecular weight is 456 g/mol. The fourth-order valence-corrected chi connectivity index (χ4v) is 4.04. The van der Waals surface area contributed by atoms with Crippen molar-refractivity contribution in [3.63, 3.8) is 0 Å². The molecule has 0 spiro atoms. The Morgan fingerprint density at radius 2 is 2.10 bits per heavy atom. The van der Waals surface area contributed by atoms with E-state index >= 15 is 0 Å². The van der Waals surface area contributed by atoms with E-state index in [1.54, 1.807) is 23.9 Å². The number of carbonyl (C=O) groups is 2. The first-order valence-electron chi connectivity index (χ1n) is 8.45. The molecule has 0 unspecified atom stereocenters. The van der Waals surface area contributed by atoms with Crippen molar-refractivity contribution in [3.05, 3.63) is 62.1 Å². The SMILES string of the molecule is C[C@H](NC(=O)c1cc(-c2c(Cl)cnn2C)c(Cl)s1)C(=O)OCc1cccc(F)c1. The smallest absolute Gasteiger partial charge is 0.328 e. The number of hydrogen-bond acceptors (Lipinski definition) is 5. The average Bonchev–Trinajstić information content (AvgIpc) is 3.21. The van der Waals surface area contributed by atoms with E-state index in [4.69, 9.17) is 27.9 Å². The number of esters is 1. The van der Waals surface area contributed by atoms with Crippen molar-refractivity contribution < 1.29 is 18.7 Å². The number of halogens is 3. The number of aryl methyl sites for hydroxylation is 1. The van der Waals surface area contributed by atoms with Crippen molar-refractivity contribution in [1.29, 1.82) is 0 Å². The van der Waals surface area contributed by atoms with E-state index in [-0.39, 0.29) is 6.61 Å². The van der Waals surface area contributed by atoms with Gasteiger partial charge in [-0.15, -0.1) is 11.3 Å². The zero-order valence-electron chi connectivity index (χ0n) is 15.4. The van der Waals surface area contributed by atoms with E-state index < -0.39 is 23.7 Å². The third kappa shape index (κ3) is 4.95. The topological polar surface area (TPSA) is 73.2 Å². The Balaban J connectivity index is 1.64. The Hall–Kier alpha value is -2.42. The lowest BCUT2D eigenvalue weighted by Gasteiger charge is -2.13. The number of thiophene rings is 1. The molecule has 6 nitrogen and oxygen atoms in total. The van der Waals surface area contributed by atoms with Gasteiger partial charge in [0.05, 0.1) is 21.8 Å². The number of carbonyl (C=O) groups excluding carboxylic acids is 2. The standard InChI is InChI=1S/C19H16Cl2FN3O3S/c1-10(19(27)28-9-11-4-3-5-12(22)6-11)24-18(26)15-7-13(17(21)29-15)16-14(20)8-23-25(16)2/h3-8,10H,9H2,1-2H3,(H,24,26)/t10-/m0/s1. The Kier molecular flexibility index (Phi) is 6.56. The molecule has 0 saturated carbocycles. The van der Waals surface area contributed by atoms with Crippen molar-refractivity contribution in [2.24, 2.45) is 7.05 Å². The van der Waals surface area contributed by atoms with Gasteiger partial charge in [-0.25, -0.2) is 9.18 Å². The molecule has 0 radical (unpaired) electrons. The predicted octanol–water partition coefficient (Wildman–Crippen LogP) is 4.46. The maximum Gasteiger partial charge on any atom is 0.328 e. The molecule has 152 valence electrons. The summed E-state index contributed by atoms with van der Waals surface area (Å²) >= 11 is 13.5. The highest BCUT2D eigenvalue weighted by Gasteiger charge is 2.22. The van der Waals surface area contributed by atoms with Gasteiger partial charge in [0.2, 0.25) is 0 Å². The minimum Gasteiger partial charge on any atom is -0.459 e. The largest absolute Gasteiger partial charge is 0.459 e. The van der Waals surface area contributed by atoms with Crippen LogP contribution in [-0.2, 0) is 23.2 Å². The summed E-state index contributed by atoms with van der Waals surface area (Å²) in [5.41, 5.74) is 1.68. The lowest BCUT2D eigenvalue weighted by molar-refractivity contribution is -0.146. The number of hydrogen-bond donors (Lipinski definition) is 1. The lowest BCUT2D eigenvalue weighted by Crippen LogP contribution is -2.39. The zero-order chi connectivity index (χ0) is 21.1. The van der Waals surface area contributed by atoms with Crippen LogP contribution in [0.3, 0.4) is 0 Å². The molecule has 1 amide bonds. The maximum atomic E-state index is 13.2. The molecule has 3 rings (SSSR count). The summed E-state index contributed by atoms with van der Waals surface area (Å²) in [5, 5.41) is 7.03. The van der Waals surface area contributed by atoms with Crippen molar-refractivity contribution >= 4 is 46.4 Å². The first kappa shape index (κ1) is 21.3. The number of amides is 1. The van der Waals surface area contributed by atoms with Crippen LogP contribution in [0, 0.1) is 5.82 Å². The molecule has 0 aliphatic heterocycles. The second-order valence-electron chi connectivity index (χ2n) is 6.20. The molecular weight excluding hydrogens is 440 g/mol. The van der Waals surface area contributed by atoms with E-state index in [0.29, 0.717) is 31.1 Å². The minimum atomic E-state index is -0.902. The van der Waals surface area contributed by atoms with Gasteiger partial charge in [-0.1, -0.05) is 35.3 Å². The van der Waals surface area contributed by atoms with Gasteiger partial charge in [0.1, 0.15) is 22.8 Å². The summed E-state index contributed by atoms with van der Waals surface area (Å²) in [6, 6.07) is 6.42. The van der Waals surface area contributed by atoms with Crippen LogP contribution < -0.4 is 5.32 Å². The van der Waals surface area contributed by atoms with Crippen LogP contribution in [-0.4, -0.2) is 27.7 Å². The van der Waals surface area contributed by atoms with E-state index in [2.05, 4.69) is 10.4 Å². The molecule has 0 aliphatic rings. The van der Waals surface area contributed by atoms with Gasteiger partial charge in [0.15, 0.2) is 0 Å². The van der Waals surface area contributed by atoms with Crippen molar-refractivity contribution in [2.75, 3.05) is 0 Å². The summed E-state index contributed by atoms with van der Waals surface area (Å²) in [4.78, 5) is 25.0. The minimum absolute atomic E-state index is 0.0925.